The molecule has 2 N–H and O–H groups in total. The van der Waals surface area contributed by atoms with Gasteiger partial charge < -0.3 is 29.3 Å². The highest BCUT2D eigenvalue weighted by molar-refractivity contribution is 5.93. The minimum Gasteiger partial charge on any atom is -0.492 e. The molecule has 226 valence electrons. The fourth-order valence-corrected chi connectivity index (χ4v) is 5.26. The highest BCUT2D eigenvalue weighted by Crippen LogP contribution is 2.31. The second-order valence-corrected chi connectivity index (χ2v) is 10.5. The van der Waals surface area contributed by atoms with Gasteiger partial charge in [0.15, 0.2) is 5.82 Å². The van der Waals surface area contributed by atoms with Crippen LogP contribution < -0.4 is 15.1 Å². The number of aliphatic hydroxyl groups is 1. The Bertz CT molecular complexity index is 1530. The summed E-state index contributed by atoms with van der Waals surface area (Å²) in [6, 6.07) is 7.90. The van der Waals surface area contributed by atoms with Crippen LogP contribution in [0.5, 0.6) is 5.75 Å². The van der Waals surface area contributed by atoms with Gasteiger partial charge in [-0.3, -0.25) is 14.5 Å². The minimum absolute atomic E-state index is 0.0598. The summed E-state index contributed by atoms with van der Waals surface area (Å²) >= 11 is 0. The molecule has 2 heterocycles. The van der Waals surface area contributed by atoms with Crippen LogP contribution in [0.4, 0.5) is 14.5 Å². The molecule has 1 fully saturated rings. The first-order chi connectivity index (χ1) is 19.9. The van der Waals surface area contributed by atoms with Crippen molar-refractivity contribution in [3.63, 3.8) is 0 Å². The minimum atomic E-state index is -1.45. The molecule has 2 atom stereocenters. The molecule has 0 spiro atoms. The Kier molecular flexibility index (Phi) is 9.47. The Hall–Kier alpha value is -4.03. The van der Waals surface area contributed by atoms with Crippen LogP contribution >= 0.6 is 0 Å². The molecule has 1 amide bonds. The van der Waals surface area contributed by atoms with E-state index in [0.29, 0.717) is 44.1 Å². The molecule has 12 heteroatoms. The number of ether oxygens (including phenoxy) is 1. The van der Waals surface area contributed by atoms with E-state index in [-0.39, 0.29) is 41.6 Å². The fourth-order valence-electron chi connectivity index (χ4n) is 5.26. The molecule has 2 aromatic carbocycles. The number of benzene rings is 2. The number of piperazine rings is 1. The summed E-state index contributed by atoms with van der Waals surface area (Å²) in [5.41, 5.74) is -1.13. The van der Waals surface area contributed by atoms with E-state index in [4.69, 9.17) is 4.74 Å². The first kappa shape index (κ1) is 30.9. The first-order valence-corrected chi connectivity index (χ1v) is 13.8. The van der Waals surface area contributed by atoms with Crippen molar-refractivity contribution in [1.82, 2.24) is 14.4 Å². The van der Waals surface area contributed by atoms with E-state index >= 15 is 8.78 Å². The number of likely N-dealkylation sites (N-methyl/N-ethyl adjacent to an activating group) is 1. The zero-order valence-corrected chi connectivity index (χ0v) is 24.1. The van der Waals surface area contributed by atoms with E-state index in [9.17, 15) is 24.6 Å². The highest BCUT2D eigenvalue weighted by Gasteiger charge is 2.30. The largest absolute Gasteiger partial charge is 0.492 e. The van der Waals surface area contributed by atoms with Gasteiger partial charge in [-0.15, -0.1) is 0 Å². The standard InChI is InChI=1S/C30H36F2N4O6/c1-5-34-16-23(30(40)41)29(39)22-14-24(31)28(26(32)27(22)34)36-11-10-35(18(2)15-36)12-13-42-21-8-6-20(7-9-21)25(38)17-33(4)19(3)37/h6-9,14,16,18,25,38H,5,10-13,15,17H2,1-4H3,(H,40,41)/t18?,25-/m0/s1. The second-order valence-electron chi connectivity index (χ2n) is 10.5. The molecular formula is C30H36F2N4O6. The Morgan fingerprint density at radius 1 is 1.19 bits per heavy atom. The van der Waals surface area contributed by atoms with Crippen LogP contribution in [-0.4, -0.2) is 88.9 Å². The number of pyridine rings is 1. The number of nitrogens with zero attached hydrogens (tertiary/aromatic N) is 4. The van der Waals surface area contributed by atoms with Gasteiger partial charge in [-0.05, 0) is 37.6 Å². The summed E-state index contributed by atoms with van der Waals surface area (Å²) in [6.07, 6.45) is 0.292. The number of aryl methyl sites for hydroxylation is 1. The molecule has 1 aromatic heterocycles. The number of anilines is 1. The third-order valence-electron chi connectivity index (χ3n) is 7.78. The van der Waals surface area contributed by atoms with Crippen molar-refractivity contribution >= 4 is 28.5 Å². The van der Waals surface area contributed by atoms with Crippen molar-refractivity contribution in [3.8, 4) is 5.75 Å². The van der Waals surface area contributed by atoms with Crippen molar-refractivity contribution in [1.29, 1.82) is 0 Å². The number of carbonyl (C=O) groups excluding carboxylic acids is 1. The summed E-state index contributed by atoms with van der Waals surface area (Å²) < 4.78 is 38.3. The van der Waals surface area contributed by atoms with Crippen LogP contribution in [0, 0.1) is 11.6 Å². The lowest BCUT2D eigenvalue weighted by atomic mass is 10.1. The van der Waals surface area contributed by atoms with E-state index in [2.05, 4.69) is 4.90 Å². The van der Waals surface area contributed by atoms with Gasteiger partial charge in [0.1, 0.15) is 29.4 Å². The molecule has 4 rings (SSSR count). The predicted octanol–water partition coefficient (Wildman–Crippen LogP) is 3.10. The van der Waals surface area contributed by atoms with Gasteiger partial charge in [0.05, 0.1) is 23.6 Å². The maximum absolute atomic E-state index is 15.8. The number of carbonyl (C=O) groups is 2. The molecular weight excluding hydrogens is 550 g/mol. The first-order valence-electron chi connectivity index (χ1n) is 13.8. The predicted molar refractivity (Wildman–Crippen MR) is 154 cm³/mol. The summed E-state index contributed by atoms with van der Waals surface area (Å²) in [7, 11) is 1.63. The number of amides is 1. The maximum Gasteiger partial charge on any atom is 0.341 e. The molecule has 42 heavy (non-hydrogen) atoms. The molecule has 1 aliphatic heterocycles. The number of aliphatic hydroxyl groups excluding tert-OH is 1. The molecule has 1 unspecified atom stereocenters. The van der Waals surface area contributed by atoms with Crippen LogP contribution in [0.25, 0.3) is 10.9 Å². The van der Waals surface area contributed by atoms with Gasteiger partial charge in [-0.2, -0.15) is 0 Å². The van der Waals surface area contributed by atoms with E-state index in [1.54, 1.807) is 43.1 Å². The van der Waals surface area contributed by atoms with E-state index in [0.717, 1.165) is 12.3 Å². The third kappa shape index (κ3) is 6.39. The van der Waals surface area contributed by atoms with E-state index in [1.165, 1.54) is 16.4 Å². The lowest BCUT2D eigenvalue weighted by Crippen LogP contribution is -2.53. The van der Waals surface area contributed by atoms with Crippen LogP contribution in [0.2, 0.25) is 0 Å². The van der Waals surface area contributed by atoms with Crippen molar-refractivity contribution in [2.75, 3.05) is 51.3 Å². The lowest BCUT2D eigenvalue weighted by molar-refractivity contribution is -0.128. The second kappa shape index (κ2) is 12.9. The highest BCUT2D eigenvalue weighted by atomic mass is 19.1. The summed E-state index contributed by atoms with van der Waals surface area (Å²) in [5.74, 6) is -2.74. The van der Waals surface area contributed by atoms with Crippen LogP contribution in [0.15, 0.2) is 41.3 Å². The monoisotopic (exact) mass is 586 g/mol. The average Bonchev–Trinajstić information content (AvgIpc) is 2.94. The summed E-state index contributed by atoms with van der Waals surface area (Å²) in [4.78, 5) is 40.8. The van der Waals surface area contributed by atoms with E-state index < -0.39 is 34.7 Å². The Morgan fingerprint density at radius 3 is 2.48 bits per heavy atom. The molecule has 0 aliphatic carbocycles. The molecule has 0 saturated carbocycles. The lowest BCUT2D eigenvalue weighted by Gasteiger charge is -2.41. The van der Waals surface area contributed by atoms with Crippen LogP contribution in [0.3, 0.4) is 0 Å². The third-order valence-corrected chi connectivity index (χ3v) is 7.78. The van der Waals surface area contributed by atoms with Gasteiger partial charge in [-0.1, -0.05) is 12.1 Å². The Balaban J connectivity index is 1.40. The number of hydrogen-bond acceptors (Lipinski definition) is 7. The molecule has 1 aliphatic rings. The zero-order valence-electron chi connectivity index (χ0n) is 24.1. The van der Waals surface area contributed by atoms with Crippen molar-refractivity contribution in [3.05, 3.63) is 69.5 Å². The van der Waals surface area contributed by atoms with Gasteiger partial charge in [0.2, 0.25) is 11.3 Å². The Labute approximate surface area is 242 Å². The van der Waals surface area contributed by atoms with Gasteiger partial charge in [0, 0.05) is 58.9 Å². The van der Waals surface area contributed by atoms with Crippen molar-refractivity contribution < 1.29 is 33.3 Å². The number of hydrogen-bond donors (Lipinski definition) is 2. The number of halogens is 2. The molecule has 3 aromatic rings. The van der Waals surface area contributed by atoms with Gasteiger partial charge >= 0.3 is 5.97 Å². The molecule has 1 saturated heterocycles. The topological polar surface area (TPSA) is 116 Å². The van der Waals surface area contributed by atoms with E-state index in [1.807, 2.05) is 6.92 Å². The summed E-state index contributed by atoms with van der Waals surface area (Å²) in [5, 5.41) is 19.4. The quantitative estimate of drug-likeness (QED) is 0.373. The number of aromatic nitrogens is 1. The fraction of sp³-hybridized carbons (Fsp3) is 0.433. The molecule has 0 radical (unpaired) electrons. The zero-order chi connectivity index (χ0) is 30.7. The number of aromatic carboxylic acids is 1. The SMILES string of the molecule is CCn1cc(C(=O)O)c(=O)c2cc(F)c(N3CCN(CCOc4ccc([C@@H](O)CN(C)C(C)=O)cc4)C(C)C3)c(F)c21. The Morgan fingerprint density at radius 2 is 1.88 bits per heavy atom. The molecule has 0 bridgehead atoms. The van der Waals surface area contributed by atoms with Crippen LogP contribution in [0.1, 0.15) is 42.8 Å². The normalized spacial score (nSPS) is 16.5. The van der Waals surface area contributed by atoms with Crippen LogP contribution in [-0.2, 0) is 11.3 Å². The number of carboxylic acid groups (broad SMARTS) is 1. The molecule has 10 nitrogen and oxygen atoms in total. The van der Waals surface area contributed by atoms with Crippen molar-refractivity contribution in [2.24, 2.45) is 0 Å². The maximum atomic E-state index is 15.8. The average molecular weight is 587 g/mol. The van der Waals surface area contributed by atoms with Gasteiger partial charge in [0.25, 0.3) is 0 Å². The van der Waals surface area contributed by atoms with Crippen molar-refractivity contribution in [2.45, 2.75) is 39.5 Å². The smallest absolute Gasteiger partial charge is 0.341 e. The van der Waals surface area contributed by atoms with Gasteiger partial charge in [-0.25, -0.2) is 13.6 Å². The number of rotatable bonds is 10. The number of fused-ring (bicyclic) bond motifs is 1. The summed E-state index contributed by atoms with van der Waals surface area (Å²) in [6.45, 7) is 7.64. The number of carboxylic acids is 1.